The predicted octanol–water partition coefficient (Wildman–Crippen LogP) is 0.128. The quantitative estimate of drug-likeness (QED) is 0.531. The molecule has 8 nitrogen and oxygen atoms in total. The molecule has 0 saturated carbocycles. The summed E-state index contributed by atoms with van der Waals surface area (Å²) < 4.78 is 18.5. The van der Waals surface area contributed by atoms with Gasteiger partial charge in [0.25, 0.3) is 5.91 Å². The number of pyridine rings is 1. The Balaban J connectivity index is 2.08. The van der Waals surface area contributed by atoms with Gasteiger partial charge in [-0.15, -0.1) is 0 Å². The first-order chi connectivity index (χ1) is 9.11. The second-order valence-electron chi connectivity index (χ2n) is 3.58. The molecule has 4 N–H and O–H groups in total. The minimum atomic E-state index is -0.829. The number of rotatable bonds is 4. The molecule has 0 fully saturated rings. The van der Waals surface area contributed by atoms with Gasteiger partial charge in [0.05, 0.1) is 12.1 Å². The zero-order chi connectivity index (χ0) is 13.8. The number of nitrogen functional groups attached to an aromatic ring is 1. The molecule has 0 saturated heterocycles. The van der Waals surface area contributed by atoms with Crippen molar-refractivity contribution < 1.29 is 13.7 Å². The molecule has 0 unspecified atom stereocenters. The molecular weight excluding hydrogens is 255 g/mol. The maximum atomic E-state index is 13.7. The van der Waals surface area contributed by atoms with E-state index in [9.17, 15) is 9.18 Å². The number of aryl methyl sites for hydroxylation is 1. The highest BCUT2D eigenvalue weighted by Crippen LogP contribution is 2.13. The number of hydrazine groups is 1. The van der Waals surface area contributed by atoms with Crippen LogP contribution in [0.3, 0.4) is 0 Å². The molecule has 0 bridgehead atoms. The van der Waals surface area contributed by atoms with E-state index in [0.717, 1.165) is 0 Å². The summed E-state index contributed by atoms with van der Waals surface area (Å²) in [6.07, 6.45) is 1.27. The van der Waals surface area contributed by atoms with Crippen molar-refractivity contribution in [2.24, 2.45) is 5.84 Å². The third-order valence-electron chi connectivity index (χ3n) is 2.24. The fourth-order valence-corrected chi connectivity index (χ4v) is 1.38. The monoisotopic (exact) mass is 266 g/mol. The molecule has 2 heterocycles. The van der Waals surface area contributed by atoms with Gasteiger partial charge in [0.2, 0.25) is 5.89 Å². The zero-order valence-corrected chi connectivity index (χ0v) is 9.98. The molecule has 2 aromatic heterocycles. The van der Waals surface area contributed by atoms with Gasteiger partial charge in [-0.05, 0) is 13.0 Å². The lowest BCUT2D eigenvalue weighted by molar-refractivity contribution is 0.0942. The lowest BCUT2D eigenvalue weighted by Gasteiger charge is -2.06. The Morgan fingerprint density at radius 3 is 3.00 bits per heavy atom. The average molecular weight is 266 g/mol. The van der Waals surface area contributed by atoms with Crippen LogP contribution in [0.25, 0.3) is 0 Å². The molecule has 0 aliphatic carbocycles. The SMILES string of the molecule is Cc1noc(CNC(=O)c2ccnc(NN)c2F)n1. The van der Waals surface area contributed by atoms with Crippen molar-refractivity contribution in [2.75, 3.05) is 5.43 Å². The van der Waals surface area contributed by atoms with Crippen molar-refractivity contribution in [1.29, 1.82) is 0 Å². The van der Waals surface area contributed by atoms with Crippen molar-refractivity contribution in [1.82, 2.24) is 20.4 Å². The van der Waals surface area contributed by atoms with Crippen LogP contribution in [0.15, 0.2) is 16.8 Å². The molecule has 0 radical (unpaired) electrons. The van der Waals surface area contributed by atoms with Crippen molar-refractivity contribution >= 4 is 11.7 Å². The summed E-state index contributed by atoms with van der Waals surface area (Å²) in [4.78, 5) is 19.3. The van der Waals surface area contributed by atoms with Crippen molar-refractivity contribution in [3.63, 3.8) is 0 Å². The lowest BCUT2D eigenvalue weighted by Crippen LogP contribution is -2.25. The largest absolute Gasteiger partial charge is 0.343 e. The van der Waals surface area contributed by atoms with E-state index in [0.29, 0.717) is 5.82 Å². The number of amides is 1. The lowest BCUT2D eigenvalue weighted by atomic mass is 10.2. The summed E-state index contributed by atoms with van der Waals surface area (Å²) in [5.41, 5.74) is 1.88. The average Bonchev–Trinajstić information content (AvgIpc) is 2.82. The van der Waals surface area contributed by atoms with Crippen LogP contribution < -0.4 is 16.6 Å². The fourth-order valence-electron chi connectivity index (χ4n) is 1.38. The van der Waals surface area contributed by atoms with E-state index in [1.807, 2.05) is 0 Å². The van der Waals surface area contributed by atoms with Crippen molar-refractivity contribution in [2.45, 2.75) is 13.5 Å². The smallest absolute Gasteiger partial charge is 0.254 e. The number of nitrogens with one attached hydrogen (secondary N) is 2. The van der Waals surface area contributed by atoms with Gasteiger partial charge >= 0.3 is 0 Å². The van der Waals surface area contributed by atoms with Gasteiger partial charge in [0, 0.05) is 6.20 Å². The fraction of sp³-hybridized carbons (Fsp3) is 0.200. The first-order valence-electron chi connectivity index (χ1n) is 5.30. The van der Waals surface area contributed by atoms with Gasteiger partial charge < -0.3 is 15.3 Å². The summed E-state index contributed by atoms with van der Waals surface area (Å²) in [5.74, 6) is 4.09. The second kappa shape index (κ2) is 5.40. The zero-order valence-electron chi connectivity index (χ0n) is 9.98. The summed E-state index contributed by atoms with van der Waals surface area (Å²) in [6.45, 7) is 1.66. The van der Waals surface area contributed by atoms with Crippen LogP contribution in [0.5, 0.6) is 0 Å². The molecular formula is C10H11FN6O2. The number of hydrogen-bond acceptors (Lipinski definition) is 7. The molecule has 9 heteroatoms. The van der Waals surface area contributed by atoms with Crippen LogP contribution in [0.4, 0.5) is 10.2 Å². The minimum absolute atomic E-state index is 0.00677. The van der Waals surface area contributed by atoms with Gasteiger partial charge in [-0.3, -0.25) is 4.79 Å². The highest BCUT2D eigenvalue weighted by Gasteiger charge is 2.16. The number of halogens is 1. The molecule has 100 valence electrons. The Morgan fingerprint density at radius 2 is 2.37 bits per heavy atom. The topological polar surface area (TPSA) is 119 Å². The third-order valence-corrected chi connectivity index (χ3v) is 2.24. The maximum absolute atomic E-state index is 13.7. The summed E-state index contributed by atoms with van der Waals surface area (Å²) >= 11 is 0. The minimum Gasteiger partial charge on any atom is -0.343 e. The van der Waals surface area contributed by atoms with Crippen LogP contribution >= 0.6 is 0 Å². The van der Waals surface area contributed by atoms with Crippen molar-refractivity contribution in [3.05, 3.63) is 35.4 Å². The van der Waals surface area contributed by atoms with E-state index in [1.54, 1.807) is 6.92 Å². The number of carbonyl (C=O) groups is 1. The molecule has 0 aromatic carbocycles. The first kappa shape index (κ1) is 12.9. The number of aromatic nitrogens is 3. The molecule has 0 aliphatic rings. The molecule has 2 aromatic rings. The van der Waals surface area contributed by atoms with Gasteiger partial charge in [0.1, 0.15) is 0 Å². The van der Waals surface area contributed by atoms with Crippen LogP contribution in [-0.4, -0.2) is 21.0 Å². The highest BCUT2D eigenvalue weighted by molar-refractivity contribution is 5.95. The molecule has 0 spiro atoms. The Morgan fingerprint density at radius 1 is 1.58 bits per heavy atom. The highest BCUT2D eigenvalue weighted by atomic mass is 19.1. The molecule has 1 amide bonds. The van der Waals surface area contributed by atoms with Gasteiger partial charge in [-0.25, -0.2) is 15.2 Å². The second-order valence-corrected chi connectivity index (χ2v) is 3.58. The van der Waals surface area contributed by atoms with E-state index in [-0.39, 0.29) is 23.8 Å². The predicted molar refractivity (Wildman–Crippen MR) is 62.2 cm³/mol. The summed E-state index contributed by atoms with van der Waals surface area (Å²) in [7, 11) is 0. The van der Waals surface area contributed by atoms with Gasteiger partial charge in [-0.1, -0.05) is 5.16 Å². The number of nitrogens with zero attached hydrogens (tertiary/aromatic N) is 3. The number of carbonyl (C=O) groups excluding carboxylic acids is 1. The van der Waals surface area contributed by atoms with Gasteiger partial charge in [0.15, 0.2) is 17.5 Å². The molecule has 2 rings (SSSR count). The maximum Gasteiger partial charge on any atom is 0.254 e. The van der Waals surface area contributed by atoms with Crippen LogP contribution in [0.2, 0.25) is 0 Å². The van der Waals surface area contributed by atoms with E-state index in [2.05, 4.69) is 25.9 Å². The van der Waals surface area contributed by atoms with Gasteiger partial charge in [-0.2, -0.15) is 4.98 Å². The number of nitrogens with two attached hydrogens (primary N) is 1. The Bertz CT molecular complexity index is 599. The van der Waals surface area contributed by atoms with E-state index in [1.165, 1.54) is 12.3 Å². The van der Waals surface area contributed by atoms with E-state index in [4.69, 9.17) is 10.4 Å². The van der Waals surface area contributed by atoms with Crippen LogP contribution in [0.1, 0.15) is 22.1 Å². The van der Waals surface area contributed by atoms with Crippen molar-refractivity contribution in [3.8, 4) is 0 Å². The Hall–Kier alpha value is -2.55. The Kier molecular flexibility index (Phi) is 3.66. The summed E-state index contributed by atoms with van der Waals surface area (Å²) in [6, 6.07) is 1.24. The number of anilines is 1. The molecule has 19 heavy (non-hydrogen) atoms. The normalized spacial score (nSPS) is 10.3. The van der Waals surface area contributed by atoms with E-state index >= 15 is 0 Å². The molecule has 0 atom stereocenters. The molecule has 0 aliphatic heterocycles. The van der Waals surface area contributed by atoms with Crippen LogP contribution in [-0.2, 0) is 6.54 Å². The van der Waals surface area contributed by atoms with E-state index < -0.39 is 11.7 Å². The standard InChI is InChI=1S/C10H11FN6O2/c1-5-15-7(19-17-5)4-14-10(18)6-2-3-13-9(16-12)8(6)11/h2-3H,4,12H2,1H3,(H,13,16)(H,14,18). The van der Waals surface area contributed by atoms with Crippen LogP contribution in [0, 0.1) is 12.7 Å². The third kappa shape index (κ3) is 2.83. The number of hydrogen-bond donors (Lipinski definition) is 3. The summed E-state index contributed by atoms with van der Waals surface area (Å²) in [5, 5.41) is 6.01. The first-order valence-corrected chi connectivity index (χ1v) is 5.30. The Labute approximate surface area is 107 Å².